The van der Waals surface area contributed by atoms with Crippen LogP contribution in [0.5, 0.6) is 0 Å². The van der Waals surface area contributed by atoms with Gasteiger partial charge >= 0.3 is 0 Å². The predicted molar refractivity (Wildman–Crippen MR) is 68.5 cm³/mol. The Kier molecular flexibility index (Phi) is 3.60. The second-order valence-corrected chi connectivity index (χ2v) is 5.49. The number of carbonyl (C=O) groups is 1. The summed E-state index contributed by atoms with van der Waals surface area (Å²) in [5.74, 6) is -0.349. The van der Waals surface area contributed by atoms with Crippen LogP contribution in [0.1, 0.15) is 20.8 Å². The summed E-state index contributed by atoms with van der Waals surface area (Å²) in [4.78, 5) is 12.5. The largest absolute Gasteiger partial charge is 0.293 e. The molecule has 0 atom stereocenters. The van der Waals surface area contributed by atoms with Crippen LogP contribution in [0.25, 0.3) is 0 Å². The predicted octanol–water partition coefficient (Wildman–Crippen LogP) is 4.27. The number of aryl methyl sites for hydroxylation is 1. The molecule has 0 bridgehead atoms. The molecule has 4 heteroatoms. The Labute approximate surface area is 108 Å². The molecule has 2 aromatic rings. The van der Waals surface area contributed by atoms with Crippen LogP contribution in [-0.4, -0.2) is 5.78 Å². The lowest BCUT2D eigenvalue weighted by Gasteiger charge is -2.04. The molecule has 1 aromatic carbocycles. The van der Waals surface area contributed by atoms with Crippen molar-refractivity contribution in [3.8, 4) is 0 Å². The van der Waals surface area contributed by atoms with Crippen LogP contribution < -0.4 is 0 Å². The molecule has 0 aliphatic carbocycles. The molecule has 1 heterocycles. The summed E-state index contributed by atoms with van der Waals surface area (Å²) in [6.45, 7) is 1.86. The summed E-state index contributed by atoms with van der Waals surface area (Å²) in [6, 6.07) is 7.87. The van der Waals surface area contributed by atoms with Gasteiger partial charge in [-0.3, -0.25) is 4.79 Å². The third-order valence-electron chi connectivity index (χ3n) is 2.51. The zero-order valence-corrected chi connectivity index (χ0v) is 10.7. The first-order chi connectivity index (χ1) is 8.06. The van der Waals surface area contributed by atoms with E-state index in [1.54, 1.807) is 18.2 Å². The van der Waals surface area contributed by atoms with E-state index in [1.165, 1.54) is 23.5 Å². The van der Waals surface area contributed by atoms with E-state index < -0.39 is 0 Å². The minimum atomic E-state index is -0.317. The molecule has 1 aromatic heterocycles. The molecule has 17 heavy (non-hydrogen) atoms. The molecule has 0 unspecified atom stereocenters. The van der Waals surface area contributed by atoms with Gasteiger partial charge in [0.1, 0.15) is 5.82 Å². The van der Waals surface area contributed by atoms with Gasteiger partial charge in [-0.05, 0) is 42.3 Å². The van der Waals surface area contributed by atoms with Crippen molar-refractivity contribution in [2.75, 3.05) is 0 Å². The summed E-state index contributed by atoms with van der Waals surface area (Å²) in [5.41, 5.74) is 1.64. The monoisotopic (exact) mass is 268 g/mol. The minimum Gasteiger partial charge on any atom is -0.293 e. The summed E-state index contributed by atoms with van der Waals surface area (Å²) < 4.78 is 13.7. The Balaban J connectivity index is 2.21. The third kappa shape index (κ3) is 2.93. The lowest BCUT2D eigenvalue weighted by Crippen LogP contribution is -2.03. The van der Waals surface area contributed by atoms with Crippen LogP contribution in [-0.2, 0) is 6.42 Å². The first-order valence-corrected chi connectivity index (χ1v) is 6.29. The van der Waals surface area contributed by atoms with E-state index >= 15 is 0 Å². The highest BCUT2D eigenvalue weighted by Gasteiger charge is 2.11. The molecule has 0 saturated carbocycles. The molecule has 0 amide bonds. The van der Waals surface area contributed by atoms with E-state index in [9.17, 15) is 9.18 Å². The Bertz CT molecular complexity index is 562. The van der Waals surface area contributed by atoms with Crippen molar-refractivity contribution in [1.82, 2.24) is 0 Å². The van der Waals surface area contributed by atoms with Crippen LogP contribution in [0, 0.1) is 12.7 Å². The molecule has 0 aliphatic rings. The van der Waals surface area contributed by atoms with Crippen molar-refractivity contribution < 1.29 is 9.18 Å². The lowest BCUT2D eigenvalue weighted by atomic mass is 10.0. The first-order valence-electron chi connectivity index (χ1n) is 5.10. The van der Waals surface area contributed by atoms with E-state index in [4.69, 9.17) is 11.6 Å². The average Bonchev–Trinajstić information content (AvgIpc) is 2.70. The summed E-state index contributed by atoms with van der Waals surface area (Å²) in [6.07, 6.45) is 0.209. The number of rotatable bonds is 3. The Morgan fingerprint density at radius 3 is 2.76 bits per heavy atom. The average molecular weight is 269 g/mol. The van der Waals surface area contributed by atoms with E-state index in [2.05, 4.69) is 0 Å². The van der Waals surface area contributed by atoms with Gasteiger partial charge in [-0.15, -0.1) is 11.3 Å². The van der Waals surface area contributed by atoms with E-state index in [0.29, 0.717) is 9.21 Å². The highest BCUT2D eigenvalue weighted by atomic mass is 35.5. The van der Waals surface area contributed by atoms with Crippen molar-refractivity contribution in [1.29, 1.82) is 0 Å². The van der Waals surface area contributed by atoms with Crippen LogP contribution in [0.15, 0.2) is 30.3 Å². The lowest BCUT2D eigenvalue weighted by molar-refractivity contribution is 0.0996. The molecule has 0 saturated heterocycles. The molecule has 0 spiro atoms. The summed E-state index contributed by atoms with van der Waals surface area (Å²) >= 11 is 7.02. The zero-order valence-electron chi connectivity index (χ0n) is 9.17. The molecular formula is C13H10ClFOS. The van der Waals surface area contributed by atoms with Gasteiger partial charge in [-0.2, -0.15) is 0 Å². The molecule has 0 radical (unpaired) electrons. The quantitative estimate of drug-likeness (QED) is 0.760. The number of hydrogen-bond donors (Lipinski definition) is 0. The van der Waals surface area contributed by atoms with Gasteiger partial charge < -0.3 is 0 Å². The van der Waals surface area contributed by atoms with Gasteiger partial charge in [-0.25, -0.2) is 4.39 Å². The van der Waals surface area contributed by atoms with Crippen molar-refractivity contribution in [3.05, 3.63) is 56.5 Å². The molecular weight excluding hydrogens is 259 g/mol. The van der Waals surface area contributed by atoms with Gasteiger partial charge in [0.05, 0.1) is 9.21 Å². The molecule has 0 N–H and O–H groups in total. The second kappa shape index (κ2) is 4.98. The number of halogens is 2. The molecule has 1 nitrogen and oxygen atoms in total. The summed E-state index contributed by atoms with van der Waals surface area (Å²) in [5, 5.41) is 0. The Morgan fingerprint density at radius 1 is 1.35 bits per heavy atom. The van der Waals surface area contributed by atoms with E-state index in [1.807, 2.05) is 6.92 Å². The second-order valence-electron chi connectivity index (χ2n) is 3.77. The Hall–Kier alpha value is -1.19. The number of Topliss-reactive ketones (excluding diaryl/α,β-unsaturated/α-hetero) is 1. The molecule has 0 fully saturated rings. The SMILES string of the molecule is Cc1ccc(F)cc1CC(=O)c1ccc(Cl)s1. The van der Waals surface area contributed by atoms with Crippen molar-refractivity contribution in [2.45, 2.75) is 13.3 Å². The Morgan fingerprint density at radius 2 is 2.12 bits per heavy atom. The zero-order chi connectivity index (χ0) is 12.4. The van der Waals surface area contributed by atoms with Crippen molar-refractivity contribution in [3.63, 3.8) is 0 Å². The maximum Gasteiger partial charge on any atom is 0.177 e. The fourth-order valence-electron chi connectivity index (χ4n) is 1.55. The fourth-order valence-corrected chi connectivity index (χ4v) is 2.54. The normalized spacial score (nSPS) is 10.5. The van der Waals surface area contributed by atoms with Crippen LogP contribution in [0.2, 0.25) is 4.34 Å². The number of hydrogen-bond acceptors (Lipinski definition) is 2. The standard InChI is InChI=1S/C13H10ClFOS/c1-8-2-3-10(15)6-9(8)7-11(16)12-4-5-13(14)17-12/h2-6H,7H2,1H3. The molecule has 0 aliphatic heterocycles. The highest BCUT2D eigenvalue weighted by molar-refractivity contribution is 7.18. The summed E-state index contributed by atoms with van der Waals surface area (Å²) in [7, 11) is 0. The van der Waals surface area contributed by atoms with Gasteiger partial charge in [0.25, 0.3) is 0 Å². The maximum atomic E-state index is 13.1. The maximum absolute atomic E-state index is 13.1. The first kappa shape index (κ1) is 12.3. The van der Waals surface area contributed by atoms with Gasteiger partial charge in [0, 0.05) is 6.42 Å². The molecule has 2 rings (SSSR count). The topological polar surface area (TPSA) is 17.1 Å². The van der Waals surface area contributed by atoms with Crippen molar-refractivity contribution in [2.24, 2.45) is 0 Å². The van der Waals surface area contributed by atoms with Crippen LogP contribution in [0.4, 0.5) is 4.39 Å². The smallest absolute Gasteiger partial charge is 0.177 e. The third-order valence-corrected chi connectivity index (χ3v) is 3.78. The van der Waals surface area contributed by atoms with E-state index in [0.717, 1.165) is 11.1 Å². The number of ketones is 1. The number of benzene rings is 1. The fraction of sp³-hybridized carbons (Fsp3) is 0.154. The van der Waals surface area contributed by atoms with Gasteiger partial charge in [0.15, 0.2) is 5.78 Å². The highest BCUT2D eigenvalue weighted by Crippen LogP contribution is 2.23. The van der Waals surface area contributed by atoms with E-state index in [-0.39, 0.29) is 18.0 Å². The number of thiophene rings is 1. The van der Waals surface area contributed by atoms with Crippen LogP contribution >= 0.6 is 22.9 Å². The minimum absolute atomic E-state index is 0.0319. The van der Waals surface area contributed by atoms with Gasteiger partial charge in [-0.1, -0.05) is 17.7 Å². The number of carbonyl (C=O) groups excluding carboxylic acids is 1. The van der Waals surface area contributed by atoms with Gasteiger partial charge in [0.2, 0.25) is 0 Å². The van der Waals surface area contributed by atoms with Crippen molar-refractivity contribution >= 4 is 28.7 Å². The van der Waals surface area contributed by atoms with Crippen LogP contribution in [0.3, 0.4) is 0 Å². The molecule has 88 valence electrons.